The molecule has 26 heavy (non-hydrogen) atoms. The molecule has 2 bridgehead atoms. The Balaban J connectivity index is 1.75. The molecule has 4 aliphatic rings. The highest BCUT2D eigenvalue weighted by atomic mass is 17.3. The van der Waals surface area contributed by atoms with Gasteiger partial charge in [-0.1, -0.05) is 20.8 Å². The van der Waals surface area contributed by atoms with Crippen LogP contribution >= 0.6 is 0 Å². The number of fused-ring (bicyclic) bond motifs is 2. The van der Waals surface area contributed by atoms with Crippen LogP contribution < -0.4 is 0 Å². The number of hydrogen-bond acceptors (Lipinski definition) is 6. The fourth-order valence-corrected chi connectivity index (χ4v) is 4.73. The van der Waals surface area contributed by atoms with Crippen LogP contribution in [0.5, 0.6) is 0 Å². The van der Waals surface area contributed by atoms with Gasteiger partial charge in [0, 0.05) is 31.3 Å². The quantitative estimate of drug-likeness (QED) is 0.298. The van der Waals surface area contributed by atoms with Gasteiger partial charge in [-0.25, -0.2) is 4.89 Å². The number of carbonyl (C=O) groups excluding carboxylic acids is 2. The average Bonchev–Trinajstić information content (AvgIpc) is 2.85. The first-order valence-corrected chi connectivity index (χ1v) is 9.14. The van der Waals surface area contributed by atoms with Crippen molar-refractivity contribution in [1.82, 2.24) is 4.90 Å². The van der Waals surface area contributed by atoms with Gasteiger partial charge < -0.3 is 9.47 Å². The van der Waals surface area contributed by atoms with Crippen LogP contribution in [0.15, 0.2) is 11.6 Å². The van der Waals surface area contributed by atoms with E-state index in [0.29, 0.717) is 17.4 Å². The first-order chi connectivity index (χ1) is 12.1. The zero-order chi connectivity index (χ0) is 19.3. The topological polar surface area (TPSA) is 74.3 Å². The molecule has 0 aromatic rings. The van der Waals surface area contributed by atoms with Crippen molar-refractivity contribution in [3.63, 3.8) is 0 Å². The number of rotatable bonds is 7. The zero-order valence-electron chi connectivity index (χ0n) is 16.5. The standard InChI is InChI=1S/C19H29NO6/c1-12-9-15(21)20(16(12)22)11-19(23-5,24-6)26-25-18-10-14(17(18,3)4)8-7-13(18)2/h9,13-14H,7-8,10-11H2,1-6H3. The molecule has 3 saturated carbocycles. The van der Waals surface area contributed by atoms with E-state index in [1.54, 1.807) is 6.92 Å². The molecule has 3 unspecified atom stereocenters. The van der Waals surface area contributed by atoms with Crippen LogP contribution in [0.1, 0.15) is 47.0 Å². The number of carbonyl (C=O) groups is 2. The molecular weight excluding hydrogens is 338 g/mol. The van der Waals surface area contributed by atoms with Gasteiger partial charge >= 0.3 is 5.97 Å². The van der Waals surface area contributed by atoms with Gasteiger partial charge in [-0.3, -0.25) is 14.5 Å². The minimum Gasteiger partial charge on any atom is -0.328 e. The molecule has 0 N–H and O–H groups in total. The summed E-state index contributed by atoms with van der Waals surface area (Å²) < 4.78 is 10.8. The van der Waals surface area contributed by atoms with Crippen molar-refractivity contribution < 1.29 is 28.8 Å². The number of hydrogen-bond donors (Lipinski definition) is 0. The van der Waals surface area contributed by atoms with Crippen LogP contribution in [0.2, 0.25) is 0 Å². The van der Waals surface area contributed by atoms with Crippen molar-refractivity contribution in [3.8, 4) is 0 Å². The summed E-state index contributed by atoms with van der Waals surface area (Å²) in [6.07, 6.45) is 4.49. The van der Waals surface area contributed by atoms with Crippen molar-refractivity contribution in [3.05, 3.63) is 11.6 Å². The van der Waals surface area contributed by atoms with E-state index in [1.165, 1.54) is 26.7 Å². The Morgan fingerprint density at radius 2 is 1.88 bits per heavy atom. The maximum atomic E-state index is 12.2. The smallest absolute Gasteiger partial charge is 0.328 e. The molecule has 3 aliphatic carbocycles. The van der Waals surface area contributed by atoms with Crippen molar-refractivity contribution >= 4 is 11.8 Å². The third kappa shape index (κ3) is 2.64. The lowest BCUT2D eigenvalue weighted by Crippen LogP contribution is -2.69. The summed E-state index contributed by atoms with van der Waals surface area (Å²) in [4.78, 5) is 37.0. The summed E-state index contributed by atoms with van der Waals surface area (Å²) in [6, 6.07) is 0. The van der Waals surface area contributed by atoms with Gasteiger partial charge in [0.2, 0.25) is 0 Å². The molecule has 2 amide bonds. The Morgan fingerprint density at radius 1 is 1.23 bits per heavy atom. The number of nitrogens with zero attached hydrogens (tertiary/aromatic N) is 1. The summed E-state index contributed by atoms with van der Waals surface area (Å²) in [5.74, 6) is -1.53. The Labute approximate surface area is 154 Å². The summed E-state index contributed by atoms with van der Waals surface area (Å²) >= 11 is 0. The van der Waals surface area contributed by atoms with E-state index in [0.717, 1.165) is 17.7 Å². The molecule has 3 fully saturated rings. The van der Waals surface area contributed by atoms with E-state index in [2.05, 4.69) is 20.8 Å². The minimum absolute atomic E-state index is 0.0185. The lowest BCUT2D eigenvalue weighted by Gasteiger charge is -2.66. The van der Waals surface area contributed by atoms with E-state index in [-0.39, 0.29) is 17.9 Å². The highest BCUT2D eigenvalue weighted by Crippen LogP contribution is 2.66. The van der Waals surface area contributed by atoms with Crippen molar-refractivity contribution in [1.29, 1.82) is 0 Å². The fourth-order valence-electron chi connectivity index (χ4n) is 4.73. The molecular formula is C19H29NO6. The highest BCUT2D eigenvalue weighted by molar-refractivity contribution is 6.15. The van der Waals surface area contributed by atoms with E-state index in [9.17, 15) is 9.59 Å². The summed E-state index contributed by atoms with van der Waals surface area (Å²) in [5.41, 5.74) is -0.0692. The second-order valence-corrected chi connectivity index (χ2v) is 8.31. The number of methoxy groups -OCH3 is 2. The monoisotopic (exact) mass is 367 g/mol. The van der Waals surface area contributed by atoms with E-state index in [4.69, 9.17) is 19.2 Å². The van der Waals surface area contributed by atoms with Crippen molar-refractivity contribution in [2.24, 2.45) is 17.3 Å². The molecule has 0 aromatic carbocycles. The van der Waals surface area contributed by atoms with Crippen LogP contribution in [-0.4, -0.2) is 49.1 Å². The Kier molecular flexibility index (Phi) is 4.80. The fraction of sp³-hybridized carbons (Fsp3) is 0.789. The van der Waals surface area contributed by atoms with Gasteiger partial charge in [0.15, 0.2) is 0 Å². The van der Waals surface area contributed by atoms with E-state index < -0.39 is 17.5 Å². The van der Waals surface area contributed by atoms with Crippen molar-refractivity contribution in [2.75, 3.05) is 20.8 Å². The minimum atomic E-state index is -1.67. The summed E-state index contributed by atoms with van der Waals surface area (Å²) in [6.45, 7) is 7.95. The largest absolute Gasteiger partial charge is 0.330 e. The highest BCUT2D eigenvalue weighted by Gasteiger charge is 2.67. The molecule has 7 heteroatoms. The molecule has 146 valence electrons. The molecule has 0 radical (unpaired) electrons. The van der Waals surface area contributed by atoms with Gasteiger partial charge in [-0.15, -0.1) is 0 Å². The summed E-state index contributed by atoms with van der Waals surface area (Å²) in [7, 11) is 2.80. The van der Waals surface area contributed by atoms with Crippen LogP contribution in [0, 0.1) is 17.3 Å². The Bertz CT molecular complexity index is 638. The van der Waals surface area contributed by atoms with Crippen molar-refractivity contribution in [2.45, 2.75) is 58.5 Å². The molecule has 3 atom stereocenters. The predicted octanol–water partition coefficient (Wildman–Crippen LogP) is 2.41. The molecule has 0 aromatic heterocycles. The van der Waals surface area contributed by atoms with Gasteiger partial charge in [0.25, 0.3) is 11.8 Å². The Morgan fingerprint density at radius 3 is 2.35 bits per heavy atom. The zero-order valence-corrected chi connectivity index (χ0v) is 16.5. The molecule has 0 spiro atoms. The van der Waals surface area contributed by atoms with Gasteiger partial charge in [0.05, 0.1) is 0 Å². The first kappa shape index (κ1) is 19.5. The van der Waals surface area contributed by atoms with E-state index >= 15 is 0 Å². The Hall–Kier alpha value is -1.28. The van der Waals surface area contributed by atoms with E-state index in [1.807, 2.05) is 0 Å². The van der Waals surface area contributed by atoms with Gasteiger partial charge in [-0.05, 0) is 38.0 Å². The van der Waals surface area contributed by atoms with Crippen LogP contribution in [0.25, 0.3) is 0 Å². The lowest BCUT2D eigenvalue weighted by molar-refractivity contribution is -0.553. The predicted molar refractivity (Wildman–Crippen MR) is 92.4 cm³/mol. The molecule has 1 heterocycles. The maximum Gasteiger partial charge on any atom is 0.330 e. The van der Waals surface area contributed by atoms with Gasteiger partial charge in [0.1, 0.15) is 12.1 Å². The van der Waals surface area contributed by atoms with Gasteiger partial charge in [-0.2, -0.15) is 4.89 Å². The summed E-state index contributed by atoms with van der Waals surface area (Å²) in [5, 5.41) is 0. The van der Waals surface area contributed by atoms with Crippen LogP contribution in [0.3, 0.4) is 0 Å². The van der Waals surface area contributed by atoms with Crippen LogP contribution in [0.4, 0.5) is 0 Å². The second kappa shape index (κ2) is 6.41. The third-order valence-corrected chi connectivity index (χ3v) is 6.88. The average molecular weight is 367 g/mol. The second-order valence-electron chi connectivity index (χ2n) is 8.31. The molecule has 1 aliphatic heterocycles. The third-order valence-electron chi connectivity index (χ3n) is 6.88. The SMILES string of the molecule is COC(CN1C(=O)C=C(C)C1=O)(OC)OOC12CC(CCC1C)C2(C)C. The number of amides is 2. The number of ether oxygens (including phenoxy) is 2. The molecule has 7 nitrogen and oxygen atoms in total. The lowest BCUT2D eigenvalue weighted by atomic mass is 9.43. The molecule has 0 saturated heterocycles. The normalized spacial score (nSPS) is 33.3. The first-order valence-electron chi connectivity index (χ1n) is 9.14. The number of imide groups is 1. The molecule has 4 rings (SSSR count). The van der Waals surface area contributed by atoms with Crippen LogP contribution in [-0.2, 0) is 28.8 Å². The maximum absolute atomic E-state index is 12.2.